The summed E-state index contributed by atoms with van der Waals surface area (Å²) in [7, 11) is 0. The smallest absolute Gasteiger partial charge is 0.248 e. The Morgan fingerprint density at radius 3 is 2.54 bits per heavy atom. The van der Waals surface area contributed by atoms with Crippen LogP contribution in [0.3, 0.4) is 0 Å². The minimum absolute atomic E-state index is 0.350. The highest BCUT2D eigenvalue weighted by molar-refractivity contribution is 7.71. The Kier molecular flexibility index (Phi) is 4.70. The Bertz CT molecular complexity index is 1230. The van der Waals surface area contributed by atoms with Gasteiger partial charge in [0.25, 0.3) is 5.95 Å². The summed E-state index contributed by atoms with van der Waals surface area (Å²) >= 11 is 11.9. The van der Waals surface area contributed by atoms with Crippen molar-refractivity contribution in [2.75, 3.05) is 0 Å². The van der Waals surface area contributed by atoms with Gasteiger partial charge in [-0.2, -0.15) is 20.0 Å². The van der Waals surface area contributed by atoms with Crippen LogP contribution in [0.4, 0.5) is 0 Å². The van der Waals surface area contributed by atoms with Gasteiger partial charge in [-0.1, -0.05) is 29.8 Å². The summed E-state index contributed by atoms with van der Waals surface area (Å²) in [4.78, 5) is 0. The molecular weight excluding hydrogens is 396 g/mol. The second kappa shape index (κ2) is 7.17. The van der Waals surface area contributed by atoms with Gasteiger partial charge in [0.15, 0.2) is 0 Å². The van der Waals surface area contributed by atoms with Gasteiger partial charge in [0.05, 0.1) is 28.9 Å². The number of hydrogen-bond acceptors (Lipinski definition) is 5. The van der Waals surface area contributed by atoms with E-state index >= 15 is 0 Å². The highest BCUT2D eigenvalue weighted by Crippen LogP contribution is 2.22. The molecule has 4 aromatic rings. The highest BCUT2D eigenvalue weighted by atomic mass is 35.5. The first kappa shape index (κ1) is 18.3. The van der Waals surface area contributed by atoms with Crippen molar-refractivity contribution in [3.8, 4) is 11.6 Å². The molecule has 0 saturated carbocycles. The van der Waals surface area contributed by atoms with E-state index in [2.05, 4.69) is 25.5 Å². The molecule has 0 unspecified atom stereocenters. The van der Waals surface area contributed by atoms with E-state index in [1.54, 1.807) is 15.6 Å². The van der Waals surface area contributed by atoms with Crippen LogP contribution in [0, 0.1) is 25.5 Å². The molecular formula is C18H17ClN8S. The molecule has 0 amide bonds. The van der Waals surface area contributed by atoms with Crippen molar-refractivity contribution in [1.29, 1.82) is 0 Å². The Labute approximate surface area is 171 Å². The summed E-state index contributed by atoms with van der Waals surface area (Å²) in [6.45, 7) is 5.74. The lowest BCUT2D eigenvalue weighted by molar-refractivity contribution is 0.714. The van der Waals surface area contributed by atoms with Crippen molar-refractivity contribution in [3.05, 3.63) is 69.0 Å². The number of hydrogen-bond donors (Lipinski definition) is 1. The predicted molar refractivity (Wildman–Crippen MR) is 110 cm³/mol. The van der Waals surface area contributed by atoms with Gasteiger partial charge < -0.3 is 0 Å². The Balaban J connectivity index is 1.76. The van der Waals surface area contributed by atoms with Crippen LogP contribution in [0.15, 0.2) is 41.5 Å². The topological polar surface area (TPSA) is 81.6 Å². The van der Waals surface area contributed by atoms with Gasteiger partial charge in [0.2, 0.25) is 4.77 Å². The number of rotatable bonds is 4. The van der Waals surface area contributed by atoms with Crippen molar-refractivity contribution in [1.82, 2.24) is 34.4 Å². The first-order chi connectivity index (χ1) is 13.5. The van der Waals surface area contributed by atoms with Crippen LogP contribution in [0.5, 0.6) is 0 Å². The molecule has 0 aliphatic rings. The first-order valence-electron chi connectivity index (χ1n) is 8.51. The average molecular weight is 413 g/mol. The Morgan fingerprint density at radius 2 is 1.86 bits per heavy atom. The van der Waals surface area contributed by atoms with Crippen molar-refractivity contribution < 1.29 is 0 Å². The number of halogens is 1. The molecule has 142 valence electrons. The second-order valence-electron chi connectivity index (χ2n) is 6.26. The van der Waals surface area contributed by atoms with E-state index in [0.29, 0.717) is 21.4 Å². The lowest BCUT2D eigenvalue weighted by Gasteiger charge is -2.03. The SMILES string of the molecule is Cc1cc(C)n(-c2n[nH]c(=S)n2/N=C\c2c(C)nn(-c3ccccc3)c2Cl)n1. The molecule has 1 N–H and O–H groups in total. The standard InChI is InChI=1S/C18H17ClN8S/c1-11-9-12(2)25(23-11)17-21-22-18(28)27(17)20-10-15-13(3)24-26(16(15)19)14-7-5-4-6-8-14/h4-10H,1-3H3,(H,22,28)/b20-10-. The maximum Gasteiger partial charge on any atom is 0.271 e. The average Bonchev–Trinajstić information content (AvgIpc) is 3.30. The quantitative estimate of drug-likeness (QED) is 0.408. The Hall–Kier alpha value is -3.04. The number of nitrogens with one attached hydrogen (secondary N) is 1. The zero-order valence-electron chi connectivity index (χ0n) is 15.5. The van der Waals surface area contributed by atoms with Crippen LogP contribution in [0.1, 0.15) is 22.6 Å². The van der Waals surface area contributed by atoms with Crippen LogP contribution >= 0.6 is 23.8 Å². The Morgan fingerprint density at radius 1 is 1.11 bits per heavy atom. The van der Waals surface area contributed by atoms with Crippen LogP contribution < -0.4 is 0 Å². The van der Waals surface area contributed by atoms with Crippen molar-refractivity contribution in [2.45, 2.75) is 20.8 Å². The molecule has 0 aliphatic heterocycles. The number of aromatic nitrogens is 7. The van der Waals surface area contributed by atoms with Crippen molar-refractivity contribution in [2.24, 2.45) is 5.10 Å². The third kappa shape index (κ3) is 3.19. The molecule has 0 fully saturated rings. The van der Waals surface area contributed by atoms with Gasteiger partial charge in [-0.25, -0.2) is 14.5 Å². The van der Waals surface area contributed by atoms with Crippen LogP contribution in [0.2, 0.25) is 5.15 Å². The van der Waals surface area contributed by atoms with Crippen LogP contribution in [-0.4, -0.2) is 40.6 Å². The molecule has 0 aliphatic carbocycles. The highest BCUT2D eigenvalue weighted by Gasteiger charge is 2.15. The largest absolute Gasteiger partial charge is 0.271 e. The monoisotopic (exact) mass is 412 g/mol. The molecule has 0 radical (unpaired) electrons. The zero-order chi connectivity index (χ0) is 19.8. The zero-order valence-corrected chi connectivity index (χ0v) is 17.0. The first-order valence-corrected chi connectivity index (χ1v) is 9.30. The molecule has 10 heteroatoms. The normalized spacial score (nSPS) is 11.6. The van der Waals surface area contributed by atoms with E-state index < -0.39 is 0 Å². The molecule has 4 rings (SSSR count). The minimum atomic E-state index is 0.350. The van der Waals surface area contributed by atoms with Crippen molar-refractivity contribution in [3.63, 3.8) is 0 Å². The van der Waals surface area contributed by atoms with E-state index in [1.165, 1.54) is 4.68 Å². The van der Waals surface area contributed by atoms with Gasteiger partial charge >= 0.3 is 0 Å². The van der Waals surface area contributed by atoms with Crippen LogP contribution in [-0.2, 0) is 0 Å². The predicted octanol–water partition coefficient (Wildman–Crippen LogP) is 3.77. The van der Waals surface area contributed by atoms with Gasteiger partial charge in [-0.05, 0) is 51.2 Å². The molecule has 28 heavy (non-hydrogen) atoms. The van der Waals surface area contributed by atoms with Gasteiger partial charge in [0, 0.05) is 5.69 Å². The summed E-state index contributed by atoms with van der Waals surface area (Å²) in [5.74, 6) is 0.469. The molecule has 0 bridgehead atoms. The maximum atomic E-state index is 6.56. The number of benzene rings is 1. The molecule has 0 saturated heterocycles. The summed E-state index contributed by atoms with van der Waals surface area (Å²) < 4.78 is 5.21. The van der Waals surface area contributed by atoms with E-state index in [1.807, 2.05) is 57.2 Å². The number of aryl methyl sites for hydroxylation is 3. The molecule has 3 heterocycles. The number of H-pyrrole nitrogens is 1. The third-order valence-corrected chi connectivity index (χ3v) is 4.81. The number of para-hydroxylation sites is 1. The third-order valence-electron chi connectivity index (χ3n) is 4.18. The van der Waals surface area contributed by atoms with E-state index in [0.717, 1.165) is 22.8 Å². The van der Waals surface area contributed by atoms with Gasteiger partial charge in [-0.3, -0.25) is 0 Å². The summed E-state index contributed by atoms with van der Waals surface area (Å²) in [6.07, 6.45) is 1.63. The lowest BCUT2D eigenvalue weighted by atomic mass is 10.3. The summed E-state index contributed by atoms with van der Waals surface area (Å²) in [6, 6.07) is 11.6. The van der Waals surface area contributed by atoms with Gasteiger partial charge in [-0.15, -0.1) is 5.10 Å². The number of aromatic amines is 1. The molecule has 3 aromatic heterocycles. The summed E-state index contributed by atoms with van der Waals surface area (Å²) in [5, 5.41) is 20.9. The molecule has 1 aromatic carbocycles. The van der Waals surface area contributed by atoms with E-state index in [-0.39, 0.29) is 0 Å². The van der Waals surface area contributed by atoms with Gasteiger partial charge in [0.1, 0.15) is 5.15 Å². The van der Waals surface area contributed by atoms with E-state index in [9.17, 15) is 0 Å². The number of nitrogens with zero attached hydrogens (tertiary/aromatic N) is 7. The lowest BCUT2D eigenvalue weighted by Crippen LogP contribution is -2.07. The fourth-order valence-electron chi connectivity index (χ4n) is 2.87. The van der Waals surface area contributed by atoms with E-state index in [4.69, 9.17) is 23.8 Å². The van der Waals surface area contributed by atoms with Crippen LogP contribution in [0.25, 0.3) is 11.6 Å². The summed E-state index contributed by atoms with van der Waals surface area (Å²) in [5.41, 5.74) is 4.13. The molecule has 8 nitrogen and oxygen atoms in total. The van der Waals surface area contributed by atoms with Crippen molar-refractivity contribution >= 4 is 30.0 Å². The fourth-order valence-corrected chi connectivity index (χ4v) is 3.36. The molecule has 0 spiro atoms. The maximum absolute atomic E-state index is 6.56. The minimum Gasteiger partial charge on any atom is -0.248 e. The fraction of sp³-hybridized carbons (Fsp3) is 0.167. The second-order valence-corrected chi connectivity index (χ2v) is 7.01. The molecule has 0 atom stereocenters.